The van der Waals surface area contributed by atoms with Gasteiger partial charge in [-0.2, -0.15) is 0 Å². The third kappa shape index (κ3) is 1.97. The van der Waals surface area contributed by atoms with Gasteiger partial charge in [-0.3, -0.25) is 0 Å². The zero-order chi connectivity index (χ0) is 16.3. The molecule has 1 spiro atoms. The van der Waals surface area contributed by atoms with Gasteiger partial charge in [0.2, 0.25) is 0 Å². The van der Waals surface area contributed by atoms with E-state index < -0.39 is 0 Å². The third-order valence-electron chi connectivity index (χ3n) is 6.89. The fourth-order valence-electron chi connectivity index (χ4n) is 5.26. The first-order valence-corrected chi connectivity index (χ1v) is 11.3. The second kappa shape index (κ2) is 5.12. The van der Waals surface area contributed by atoms with Crippen LogP contribution in [0, 0.1) is 24.3 Å². The summed E-state index contributed by atoms with van der Waals surface area (Å²) in [6, 6.07) is 3.48. The SMILES string of the molecule is C=C1CC[C@]23[N+]#C[C@]2(C)[I-]CC[C@@]3(C)[C@@H]1CCc1cocc1C. The average Bonchev–Trinajstić information content (AvgIpc) is 2.90. The Morgan fingerprint density at radius 1 is 1.39 bits per heavy atom. The molecule has 4 atom stereocenters. The van der Waals surface area contributed by atoms with Crippen LogP contribution in [0.2, 0.25) is 0 Å². The topological polar surface area (TPSA) is 17.5 Å². The van der Waals surface area contributed by atoms with Gasteiger partial charge in [0, 0.05) is 0 Å². The molecule has 1 saturated heterocycles. The van der Waals surface area contributed by atoms with Crippen LogP contribution in [0.3, 0.4) is 0 Å². The summed E-state index contributed by atoms with van der Waals surface area (Å²) in [5, 5.41) is 0. The monoisotopic (exact) mass is 423 g/mol. The van der Waals surface area contributed by atoms with Crippen molar-refractivity contribution in [1.29, 1.82) is 0 Å². The maximum atomic E-state index is 5.36. The summed E-state index contributed by atoms with van der Waals surface area (Å²) in [4.78, 5) is 4.95. The van der Waals surface area contributed by atoms with Gasteiger partial charge in [0.05, 0.1) is 0 Å². The zero-order valence-electron chi connectivity index (χ0n) is 14.4. The number of furan rings is 1. The van der Waals surface area contributed by atoms with E-state index in [1.54, 1.807) is 0 Å². The van der Waals surface area contributed by atoms with Crippen molar-refractivity contribution < 1.29 is 25.6 Å². The number of allylic oxidation sites excluding steroid dienone is 1. The normalized spacial score (nSPS) is 41.7. The van der Waals surface area contributed by atoms with Crippen molar-refractivity contribution in [2.75, 3.05) is 4.43 Å². The number of halogens is 1. The van der Waals surface area contributed by atoms with Crippen LogP contribution in [0.4, 0.5) is 0 Å². The molecule has 23 heavy (non-hydrogen) atoms. The van der Waals surface area contributed by atoms with Crippen molar-refractivity contribution in [3.8, 4) is 6.07 Å². The van der Waals surface area contributed by atoms with Gasteiger partial charge in [-0.05, 0) is 0 Å². The fraction of sp³-hybridized carbons (Fsp3) is 0.650. The number of hydrogen-bond donors (Lipinski definition) is 0. The molecule has 0 N–H and O–H groups in total. The van der Waals surface area contributed by atoms with Crippen molar-refractivity contribution in [3.63, 3.8) is 0 Å². The van der Waals surface area contributed by atoms with E-state index in [-0.39, 0.29) is 32.2 Å². The van der Waals surface area contributed by atoms with Gasteiger partial charge in [0.25, 0.3) is 0 Å². The molecule has 3 heterocycles. The molecule has 2 fully saturated rings. The van der Waals surface area contributed by atoms with Crippen molar-refractivity contribution in [3.05, 3.63) is 40.7 Å². The molecule has 0 bridgehead atoms. The van der Waals surface area contributed by atoms with Gasteiger partial charge < -0.3 is 0 Å². The van der Waals surface area contributed by atoms with Crippen LogP contribution in [0.25, 0.3) is 4.85 Å². The Bertz CT molecular complexity index is 725. The predicted molar refractivity (Wildman–Crippen MR) is 89.6 cm³/mol. The van der Waals surface area contributed by atoms with E-state index in [4.69, 9.17) is 9.26 Å². The van der Waals surface area contributed by atoms with E-state index in [9.17, 15) is 0 Å². The molecule has 2 aliphatic heterocycles. The van der Waals surface area contributed by atoms with Crippen LogP contribution in [0.15, 0.2) is 29.1 Å². The molecule has 2 nitrogen and oxygen atoms in total. The molecular formula is C20H26INO. The van der Waals surface area contributed by atoms with Gasteiger partial charge in [0.15, 0.2) is 0 Å². The van der Waals surface area contributed by atoms with E-state index in [2.05, 4.69) is 33.4 Å². The summed E-state index contributed by atoms with van der Waals surface area (Å²) in [5.74, 6) is 0.583. The van der Waals surface area contributed by atoms with Gasteiger partial charge in [-0.25, -0.2) is 0 Å². The molecule has 1 aromatic heterocycles. The number of alkyl halides is 2. The molecule has 0 aromatic carbocycles. The van der Waals surface area contributed by atoms with Gasteiger partial charge in [-0.15, -0.1) is 0 Å². The van der Waals surface area contributed by atoms with E-state index >= 15 is 0 Å². The molecule has 1 saturated carbocycles. The predicted octanol–water partition coefficient (Wildman–Crippen LogP) is 1.83. The number of rotatable bonds is 3. The molecule has 0 amide bonds. The Labute approximate surface area is 149 Å². The van der Waals surface area contributed by atoms with Crippen LogP contribution in [0.1, 0.15) is 50.7 Å². The van der Waals surface area contributed by atoms with Crippen LogP contribution in [-0.2, 0) is 6.42 Å². The Kier molecular flexibility index (Phi) is 3.50. The summed E-state index contributed by atoms with van der Waals surface area (Å²) in [6.07, 6.45) is 9.74. The molecule has 0 radical (unpaired) electrons. The molecule has 4 rings (SSSR count). The summed E-state index contributed by atoms with van der Waals surface area (Å²) in [5.41, 5.74) is 4.54. The van der Waals surface area contributed by atoms with Crippen LogP contribution in [0.5, 0.6) is 0 Å². The Hall–Kier alpha value is -0.760. The van der Waals surface area contributed by atoms with Gasteiger partial charge in [-0.1, -0.05) is 0 Å². The molecule has 1 aliphatic carbocycles. The molecular weight excluding hydrogens is 397 g/mol. The maximum absolute atomic E-state index is 5.36. The number of aryl methyl sites for hydroxylation is 2. The zero-order valence-corrected chi connectivity index (χ0v) is 16.6. The summed E-state index contributed by atoms with van der Waals surface area (Å²) in [7, 11) is 0. The second-order valence-corrected chi connectivity index (χ2v) is 11.9. The van der Waals surface area contributed by atoms with Crippen molar-refractivity contribution in [2.24, 2.45) is 11.3 Å². The van der Waals surface area contributed by atoms with Crippen molar-refractivity contribution >= 4 is 0 Å². The average molecular weight is 423 g/mol. The molecule has 1 aromatic rings. The van der Waals surface area contributed by atoms with Crippen molar-refractivity contribution in [2.45, 2.75) is 61.8 Å². The summed E-state index contributed by atoms with van der Waals surface area (Å²) in [6.45, 7) is 11.6. The van der Waals surface area contributed by atoms with Crippen LogP contribution < -0.4 is 21.2 Å². The van der Waals surface area contributed by atoms with E-state index in [0.717, 1.165) is 12.8 Å². The van der Waals surface area contributed by atoms with Crippen molar-refractivity contribution in [1.82, 2.24) is 0 Å². The van der Waals surface area contributed by atoms with Gasteiger partial charge in [0.1, 0.15) is 0 Å². The third-order valence-corrected chi connectivity index (χ3v) is 10.6. The molecule has 124 valence electrons. The first-order valence-electron chi connectivity index (χ1n) is 8.71. The molecule has 0 unspecified atom stereocenters. The van der Waals surface area contributed by atoms with E-state index in [1.165, 1.54) is 40.4 Å². The fourth-order valence-corrected chi connectivity index (χ4v) is 9.66. The minimum atomic E-state index is 0.169. The minimum absolute atomic E-state index is 0.169. The Morgan fingerprint density at radius 2 is 2.22 bits per heavy atom. The first-order chi connectivity index (χ1) is 10.9. The van der Waals surface area contributed by atoms with Crippen LogP contribution >= 0.6 is 0 Å². The quantitative estimate of drug-likeness (QED) is 0.412. The second-order valence-electron chi connectivity index (χ2n) is 7.91. The Morgan fingerprint density at radius 3 is 2.87 bits per heavy atom. The van der Waals surface area contributed by atoms with E-state index in [0.29, 0.717) is 9.34 Å². The Balaban J connectivity index is 1.64. The standard InChI is InChI=1S/C20H26INO/c1-14-7-8-20-18(3,9-10-21-19(20,4)13-22-20)17(14)6-5-16-12-23-11-15(16)2/h11-12,17H,1,5-10H2,2-4H3/t17-,18+,19+,20-/m1/s1. The molecule has 3 aliphatic rings. The van der Waals surface area contributed by atoms with E-state index in [1.807, 2.05) is 12.5 Å². The number of nitrogens with zero attached hydrogens (tertiary/aromatic N) is 1. The summed E-state index contributed by atoms with van der Waals surface area (Å²) < 4.78 is 7.08. The first kappa shape index (κ1) is 15.7. The number of hydrogen-bond acceptors (Lipinski definition) is 1. The van der Waals surface area contributed by atoms with Gasteiger partial charge >= 0.3 is 150 Å². The van der Waals surface area contributed by atoms with Crippen LogP contribution in [-0.4, -0.2) is 13.4 Å². The summed E-state index contributed by atoms with van der Waals surface area (Å²) >= 11 is 0.192. The molecule has 3 heteroatoms.